The van der Waals surface area contributed by atoms with Crippen molar-refractivity contribution in [1.82, 2.24) is 14.5 Å². The van der Waals surface area contributed by atoms with Gasteiger partial charge in [0.25, 0.3) is 0 Å². The molecule has 0 aromatic heterocycles. The lowest BCUT2D eigenvalue weighted by Gasteiger charge is -2.32. The molecule has 0 saturated carbocycles. The van der Waals surface area contributed by atoms with Crippen LogP contribution in [0.5, 0.6) is 0 Å². The summed E-state index contributed by atoms with van der Waals surface area (Å²) in [6, 6.07) is 17.5. The maximum Gasteiger partial charge on any atom is 0.236 e. The fraction of sp³-hybridized carbons (Fsp3) is 0.348. The molecule has 0 aliphatic carbocycles. The minimum absolute atomic E-state index is 0.0242. The van der Waals surface area contributed by atoms with Crippen molar-refractivity contribution in [2.45, 2.75) is 13.3 Å². The number of carbonyl (C=O) groups excluding carboxylic acids is 1. The topological polar surface area (TPSA) is 69.7 Å². The average molecular weight is 428 g/mol. The van der Waals surface area contributed by atoms with Crippen molar-refractivity contribution in [3.63, 3.8) is 0 Å². The third-order valence-electron chi connectivity index (χ3n) is 5.27. The first-order valence-electron chi connectivity index (χ1n) is 10.2. The van der Waals surface area contributed by atoms with Gasteiger partial charge in [0.15, 0.2) is 0 Å². The smallest absolute Gasteiger partial charge is 0.236 e. The molecule has 1 saturated heterocycles. The number of piperazine rings is 1. The predicted molar refractivity (Wildman–Crippen MR) is 120 cm³/mol. The van der Waals surface area contributed by atoms with Gasteiger partial charge >= 0.3 is 0 Å². The van der Waals surface area contributed by atoms with Crippen molar-refractivity contribution < 1.29 is 13.2 Å². The quantitative estimate of drug-likeness (QED) is 0.702. The molecule has 6 nitrogen and oxygen atoms in total. The van der Waals surface area contributed by atoms with Gasteiger partial charge in [-0.25, -0.2) is 8.42 Å². The number of aryl methyl sites for hydroxylation is 1. The van der Waals surface area contributed by atoms with Crippen LogP contribution in [-0.2, 0) is 21.2 Å². The second-order valence-electron chi connectivity index (χ2n) is 7.46. The lowest BCUT2D eigenvalue weighted by molar-refractivity contribution is -0.122. The van der Waals surface area contributed by atoms with Crippen LogP contribution in [0.3, 0.4) is 0 Å². The van der Waals surface area contributed by atoms with Crippen LogP contribution in [0.4, 0.5) is 0 Å². The molecular formula is C23H29N3O3S. The number of amides is 1. The number of sulfonamides is 1. The molecule has 0 unspecified atom stereocenters. The van der Waals surface area contributed by atoms with Gasteiger partial charge in [-0.1, -0.05) is 54.6 Å². The molecule has 7 heteroatoms. The molecule has 160 valence electrons. The third kappa shape index (κ3) is 6.52. The Labute approximate surface area is 179 Å². The van der Waals surface area contributed by atoms with Gasteiger partial charge in [0.2, 0.25) is 15.9 Å². The molecule has 0 atom stereocenters. The maximum atomic E-state index is 12.5. The summed E-state index contributed by atoms with van der Waals surface area (Å²) in [5, 5.41) is 4.22. The first kappa shape index (κ1) is 22.2. The summed E-state index contributed by atoms with van der Waals surface area (Å²) in [7, 11) is -3.46. The average Bonchev–Trinajstić information content (AvgIpc) is 2.75. The lowest BCUT2D eigenvalue weighted by atomic mass is 10.1. The monoisotopic (exact) mass is 427 g/mol. The Balaban J connectivity index is 1.41. The van der Waals surface area contributed by atoms with Crippen molar-refractivity contribution in [2.75, 3.05) is 39.3 Å². The Kier molecular flexibility index (Phi) is 7.79. The van der Waals surface area contributed by atoms with Crippen molar-refractivity contribution in [3.8, 4) is 0 Å². The highest BCUT2D eigenvalue weighted by atomic mass is 32.2. The van der Waals surface area contributed by atoms with Crippen LogP contribution in [0, 0.1) is 6.92 Å². The Bertz CT molecular complexity index is 966. The van der Waals surface area contributed by atoms with E-state index in [1.54, 1.807) is 6.08 Å². The fourth-order valence-corrected chi connectivity index (χ4v) is 4.62. The molecule has 2 aromatic carbocycles. The number of carbonyl (C=O) groups is 1. The number of benzene rings is 2. The molecule has 1 aliphatic heterocycles. The van der Waals surface area contributed by atoms with E-state index in [1.807, 2.05) is 47.4 Å². The zero-order valence-electron chi connectivity index (χ0n) is 17.3. The summed E-state index contributed by atoms with van der Waals surface area (Å²) in [6.07, 6.45) is 2.42. The van der Waals surface area contributed by atoms with Crippen LogP contribution < -0.4 is 5.32 Å². The van der Waals surface area contributed by atoms with Gasteiger partial charge in [-0.05, 0) is 36.1 Å². The van der Waals surface area contributed by atoms with E-state index in [9.17, 15) is 13.2 Å². The Morgan fingerprint density at radius 3 is 2.37 bits per heavy atom. The molecule has 1 aliphatic rings. The van der Waals surface area contributed by atoms with Crippen molar-refractivity contribution >= 4 is 22.0 Å². The molecule has 1 heterocycles. The summed E-state index contributed by atoms with van der Waals surface area (Å²) >= 11 is 0. The van der Waals surface area contributed by atoms with Crippen LogP contribution in [0.1, 0.15) is 16.7 Å². The van der Waals surface area contributed by atoms with E-state index in [0.29, 0.717) is 39.3 Å². The second-order valence-corrected chi connectivity index (χ2v) is 9.28. The van der Waals surface area contributed by atoms with Crippen LogP contribution in [0.25, 0.3) is 6.08 Å². The minimum atomic E-state index is -3.46. The van der Waals surface area contributed by atoms with Crippen LogP contribution in [-0.4, -0.2) is 62.8 Å². The minimum Gasteiger partial charge on any atom is -0.355 e. The maximum absolute atomic E-state index is 12.5. The Morgan fingerprint density at radius 2 is 1.67 bits per heavy atom. The first-order chi connectivity index (χ1) is 14.4. The van der Waals surface area contributed by atoms with Crippen molar-refractivity contribution in [1.29, 1.82) is 0 Å². The molecule has 0 radical (unpaired) electrons. The summed E-state index contributed by atoms with van der Waals surface area (Å²) < 4.78 is 26.5. The van der Waals surface area contributed by atoms with Crippen LogP contribution in [0.2, 0.25) is 0 Å². The number of nitrogens with zero attached hydrogens (tertiary/aromatic N) is 2. The summed E-state index contributed by atoms with van der Waals surface area (Å²) in [5.74, 6) is -0.0242. The zero-order valence-corrected chi connectivity index (χ0v) is 18.1. The standard InChI is InChI=1S/C23H29N3O3S/c1-20-7-5-6-10-22(20)11-13-24-23(27)19-25-14-16-26(17-15-25)30(28,29)18-12-21-8-3-2-4-9-21/h2-10,12,18H,11,13-17,19H2,1H3,(H,24,27)/b18-12+. The highest BCUT2D eigenvalue weighted by Crippen LogP contribution is 2.11. The van der Waals surface area contributed by atoms with E-state index < -0.39 is 10.0 Å². The molecule has 30 heavy (non-hydrogen) atoms. The molecule has 0 bridgehead atoms. The first-order valence-corrected chi connectivity index (χ1v) is 11.7. The van der Waals surface area contributed by atoms with E-state index in [1.165, 1.54) is 20.8 Å². The highest BCUT2D eigenvalue weighted by molar-refractivity contribution is 7.92. The van der Waals surface area contributed by atoms with Gasteiger partial charge in [0.05, 0.1) is 6.54 Å². The second kappa shape index (κ2) is 10.5. The van der Waals surface area contributed by atoms with Gasteiger partial charge in [-0.15, -0.1) is 0 Å². The number of nitrogens with one attached hydrogen (secondary N) is 1. The van der Waals surface area contributed by atoms with E-state index in [2.05, 4.69) is 24.4 Å². The SMILES string of the molecule is Cc1ccccc1CCNC(=O)CN1CCN(S(=O)(=O)/C=C/c2ccccc2)CC1. The van der Waals surface area contributed by atoms with E-state index >= 15 is 0 Å². The van der Waals surface area contributed by atoms with E-state index in [4.69, 9.17) is 0 Å². The number of rotatable bonds is 8. The van der Waals surface area contributed by atoms with Gasteiger partial charge in [-0.2, -0.15) is 4.31 Å². The van der Waals surface area contributed by atoms with Crippen molar-refractivity contribution in [3.05, 3.63) is 76.7 Å². The zero-order chi connectivity index (χ0) is 21.4. The molecule has 2 aromatic rings. The summed E-state index contributed by atoms with van der Waals surface area (Å²) in [5.41, 5.74) is 3.31. The Hall–Kier alpha value is -2.48. The Morgan fingerprint density at radius 1 is 1.00 bits per heavy atom. The molecule has 3 rings (SSSR count). The highest BCUT2D eigenvalue weighted by Gasteiger charge is 2.25. The van der Waals surface area contributed by atoms with Gasteiger partial charge in [0.1, 0.15) is 0 Å². The lowest BCUT2D eigenvalue weighted by Crippen LogP contribution is -2.50. The normalized spacial score (nSPS) is 16.0. The molecule has 0 spiro atoms. The predicted octanol–water partition coefficient (Wildman–Crippen LogP) is 2.27. The van der Waals surface area contributed by atoms with Crippen LogP contribution in [0.15, 0.2) is 60.0 Å². The largest absolute Gasteiger partial charge is 0.355 e. The van der Waals surface area contributed by atoms with E-state index in [0.717, 1.165) is 12.0 Å². The van der Waals surface area contributed by atoms with Gasteiger partial charge in [0, 0.05) is 38.1 Å². The van der Waals surface area contributed by atoms with Crippen LogP contribution >= 0.6 is 0 Å². The molecular weight excluding hydrogens is 398 g/mol. The number of hydrogen-bond donors (Lipinski definition) is 1. The number of hydrogen-bond acceptors (Lipinski definition) is 4. The van der Waals surface area contributed by atoms with Gasteiger partial charge < -0.3 is 5.32 Å². The summed E-state index contributed by atoms with van der Waals surface area (Å²) in [6.45, 7) is 4.83. The summed E-state index contributed by atoms with van der Waals surface area (Å²) in [4.78, 5) is 14.2. The van der Waals surface area contributed by atoms with Gasteiger partial charge in [-0.3, -0.25) is 9.69 Å². The third-order valence-corrected chi connectivity index (χ3v) is 6.83. The molecule has 1 amide bonds. The molecule has 1 N–H and O–H groups in total. The fourth-order valence-electron chi connectivity index (χ4n) is 3.44. The molecule has 1 fully saturated rings. The van der Waals surface area contributed by atoms with Crippen molar-refractivity contribution in [2.24, 2.45) is 0 Å². The van der Waals surface area contributed by atoms with E-state index in [-0.39, 0.29) is 5.91 Å².